The van der Waals surface area contributed by atoms with Gasteiger partial charge in [0.15, 0.2) is 5.82 Å². The van der Waals surface area contributed by atoms with Crippen molar-refractivity contribution < 1.29 is 17.9 Å². The van der Waals surface area contributed by atoms with Crippen LogP contribution in [0.5, 0.6) is 0 Å². The molecule has 0 radical (unpaired) electrons. The van der Waals surface area contributed by atoms with Crippen molar-refractivity contribution in [1.82, 2.24) is 15.3 Å². The van der Waals surface area contributed by atoms with Crippen molar-refractivity contribution >= 4 is 0 Å². The van der Waals surface area contributed by atoms with Gasteiger partial charge in [0.05, 0.1) is 0 Å². The van der Waals surface area contributed by atoms with Gasteiger partial charge in [-0.15, -0.1) is 0 Å². The topological polar surface area (TPSA) is 47.0 Å². The molecule has 4 nitrogen and oxygen atoms in total. The third-order valence-corrected chi connectivity index (χ3v) is 3.08. The molecule has 0 spiro atoms. The lowest BCUT2D eigenvalue weighted by molar-refractivity contribution is -0.177. The Labute approximate surface area is 109 Å². The Balaban J connectivity index is 2.01. The van der Waals surface area contributed by atoms with Gasteiger partial charge in [-0.3, -0.25) is 0 Å². The number of nitrogens with zero attached hydrogens (tertiary/aromatic N) is 2. The van der Waals surface area contributed by atoms with E-state index < -0.39 is 12.8 Å². The number of aryl methyl sites for hydroxylation is 1. The van der Waals surface area contributed by atoms with Gasteiger partial charge in [-0.1, -0.05) is 0 Å². The zero-order valence-electron chi connectivity index (χ0n) is 10.6. The number of halogens is 3. The van der Waals surface area contributed by atoms with Crippen molar-refractivity contribution in [1.29, 1.82) is 0 Å². The second-order valence-corrected chi connectivity index (χ2v) is 4.53. The van der Waals surface area contributed by atoms with Crippen LogP contribution in [0.4, 0.5) is 13.2 Å². The molecule has 0 fully saturated rings. The summed E-state index contributed by atoms with van der Waals surface area (Å²) in [5, 5.41) is 3.18. The van der Waals surface area contributed by atoms with Gasteiger partial charge in [-0.25, -0.2) is 9.97 Å². The predicted octanol–water partition coefficient (Wildman–Crippen LogP) is 2.15. The van der Waals surface area contributed by atoms with Crippen LogP contribution in [0.25, 0.3) is 0 Å². The highest BCUT2D eigenvalue weighted by Crippen LogP contribution is 2.27. The van der Waals surface area contributed by atoms with Gasteiger partial charge in [0.1, 0.15) is 13.2 Å². The Morgan fingerprint density at radius 3 is 2.95 bits per heavy atom. The SMILES string of the molecule is CNC1CCCc2nc(COCC(F)(F)F)ncc21. The van der Waals surface area contributed by atoms with Crippen LogP contribution in [0.15, 0.2) is 6.20 Å². The van der Waals surface area contributed by atoms with Crippen LogP contribution in [-0.2, 0) is 17.8 Å². The van der Waals surface area contributed by atoms with Crippen molar-refractivity contribution in [3.63, 3.8) is 0 Å². The second-order valence-electron chi connectivity index (χ2n) is 4.53. The second kappa shape index (κ2) is 5.83. The lowest BCUT2D eigenvalue weighted by atomic mass is 9.92. The quantitative estimate of drug-likeness (QED) is 0.914. The smallest absolute Gasteiger partial charge is 0.364 e. The van der Waals surface area contributed by atoms with Gasteiger partial charge < -0.3 is 10.1 Å². The predicted molar refractivity (Wildman–Crippen MR) is 62.5 cm³/mol. The van der Waals surface area contributed by atoms with Crippen LogP contribution in [-0.4, -0.2) is 29.8 Å². The summed E-state index contributed by atoms with van der Waals surface area (Å²) in [6, 6.07) is 0.230. The highest BCUT2D eigenvalue weighted by Gasteiger charge is 2.27. The molecular formula is C12H16F3N3O. The molecule has 1 aromatic heterocycles. The van der Waals surface area contributed by atoms with E-state index in [0.29, 0.717) is 5.82 Å². The fourth-order valence-corrected chi connectivity index (χ4v) is 2.22. The molecule has 1 aliphatic rings. The molecule has 0 bridgehead atoms. The van der Waals surface area contributed by atoms with Gasteiger partial charge in [-0.05, 0) is 26.3 Å². The van der Waals surface area contributed by atoms with Gasteiger partial charge in [-0.2, -0.15) is 13.2 Å². The normalized spacial score (nSPS) is 19.3. The standard InChI is InChI=1S/C12H16F3N3O/c1-16-9-3-2-4-10-8(9)5-17-11(18-10)6-19-7-12(13,14)15/h5,9,16H,2-4,6-7H2,1H3. The summed E-state index contributed by atoms with van der Waals surface area (Å²) >= 11 is 0. The zero-order valence-corrected chi connectivity index (χ0v) is 10.6. The molecule has 0 aliphatic heterocycles. The number of nitrogens with one attached hydrogen (secondary N) is 1. The van der Waals surface area contributed by atoms with Crippen LogP contribution in [0, 0.1) is 0 Å². The van der Waals surface area contributed by atoms with Crippen molar-refractivity contribution in [2.45, 2.75) is 38.1 Å². The summed E-state index contributed by atoms with van der Waals surface area (Å²) in [4.78, 5) is 8.35. The number of ether oxygens (including phenoxy) is 1. The summed E-state index contributed by atoms with van der Waals surface area (Å²) in [7, 11) is 1.88. The lowest BCUT2D eigenvalue weighted by Crippen LogP contribution is -2.23. The monoisotopic (exact) mass is 275 g/mol. The fraction of sp³-hybridized carbons (Fsp3) is 0.667. The lowest BCUT2D eigenvalue weighted by Gasteiger charge is -2.24. The minimum absolute atomic E-state index is 0.211. The van der Waals surface area contributed by atoms with E-state index in [-0.39, 0.29) is 12.6 Å². The molecule has 1 aromatic rings. The Kier molecular flexibility index (Phi) is 4.36. The Morgan fingerprint density at radius 1 is 1.47 bits per heavy atom. The van der Waals surface area contributed by atoms with Gasteiger partial charge in [0.2, 0.25) is 0 Å². The van der Waals surface area contributed by atoms with E-state index in [4.69, 9.17) is 0 Å². The van der Waals surface area contributed by atoms with Crippen LogP contribution in [0.1, 0.15) is 36.0 Å². The van der Waals surface area contributed by atoms with E-state index in [2.05, 4.69) is 20.0 Å². The molecule has 0 saturated carbocycles. The van der Waals surface area contributed by atoms with Gasteiger partial charge in [0, 0.05) is 23.5 Å². The molecule has 0 saturated heterocycles. The number of hydrogen-bond donors (Lipinski definition) is 1. The number of fused-ring (bicyclic) bond motifs is 1. The van der Waals surface area contributed by atoms with Crippen molar-refractivity contribution in [3.05, 3.63) is 23.3 Å². The Hall–Kier alpha value is -1.21. The summed E-state index contributed by atoms with van der Waals surface area (Å²) in [5.41, 5.74) is 1.94. The van der Waals surface area contributed by atoms with E-state index in [1.807, 2.05) is 7.05 Å². The number of rotatable bonds is 4. The van der Waals surface area contributed by atoms with Crippen LogP contribution in [0.3, 0.4) is 0 Å². The third-order valence-electron chi connectivity index (χ3n) is 3.08. The van der Waals surface area contributed by atoms with Crippen LogP contribution >= 0.6 is 0 Å². The molecule has 1 heterocycles. The molecule has 1 atom stereocenters. The first-order chi connectivity index (χ1) is 8.99. The summed E-state index contributed by atoms with van der Waals surface area (Å²) < 4.78 is 40.4. The van der Waals surface area contributed by atoms with Crippen molar-refractivity contribution in [2.24, 2.45) is 0 Å². The van der Waals surface area contributed by atoms with E-state index in [1.54, 1.807) is 6.20 Å². The minimum atomic E-state index is -4.31. The maximum atomic E-state index is 12.0. The molecular weight excluding hydrogens is 259 g/mol. The van der Waals surface area contributed by atoms with E-state index >= 15 is 0 Å². The molecule has 7 heteroatoms. The highest BCUT2D eigenvalue weighted by molar-refractivity contribution is 5.24. The van der Waals surface area contributed by atoms with Gasteiger partial charge >= 0.3 is 6.18 Å². The maximum absolute atomic E-state index is 12.0. The molecule has 1 aliphatic carbocycles. The molecule has 1 N–H and O–H groups in total. The Bertz CT molecular complexity index is 437. The summed E-state index contributed by atoms with van der Waals surface area (Å²) in [6.07, 6.45) is 0.248. The fourth-order valence-electron chi connectivity index (χ4n) is 2.22. The molecule has 106 valence electrons. The largest absolute Gasteiger partial charge is 0.411 e. The maximum Gasteiger partial charge on any atom is 0.411 e. The number of alkyl halides is 3. The summed E-state index contributed by atoms with van der Waals surface area (Å²) in [5.74, 6) is 0.305. The zero-order chi connectivity index (χ0) is 13.9. The number of aromatic nitrogens is 2. The molecule has 19 heavy (non-hydrogen) atoms. The van der Waals surface area contributed by atoms with Crippen LogP contribution < -0.4 is 5.32 Å². The van der Waals surface area contributed by atoms with Crippen LogP contribution in [0.2, 0.25) is 0 Å². The molecule has 0 amide bonds. The van der Waals surface area contributed by atoms with Gasteiger partial charge in [0.25, 0.3) is 0 Å². The first-order valence-electron chi connectivity index (χ1n) is 6.16. The van der Waals surface area contributed by atoms with E-state index in [9.17, 15) is 13.2 Å². The van der Waals surface area contributed by atoms with E-state index in [1.165, 1.54) is 0 Å². The first kappa shape index (κ1) is 14.2. The summed E-state index contributed by atoms with van der Waals surface area (Å²) in [6.45, 7) is -1.48. The molecule has 2 rings (SSSR count). The average Bonchev–Trinajstić information content (AvgIpc) is 2.36. The van der Waals surface area contributed by atoms with Crippen molar-refractivity contribution in [2.75, 3.05) is 13.7 Å². The molecule has 1 unspecified atom stereocenters. The van der Waals surface area contributed by atoms with Crippen molar-refractivity contribution in [3.8, 4) is 0 Å². The first-order valence-corrected chi connectivity index (χ1v) is 6.16. The minimum Gasteiger partial charge on any atom is -0.364 e. The average molecular weight is 275 g/mol. The van der Waals surface area contributed by atoms with E-state index in [0.717, 1.165) is 30.5 Å². The highest BCUT2D eigenvalue weighted by atomic mass is 19.4. The third kappa shape index (κ3) is 3.87. The number of hydrogen-bond acceptors (Lipinski definition) is 4. The Morgan fingerprint density at radius 2 is 2.26 bits per heavy atom. The molecule has 0 aromatic carbocycles.